The summed E-state index contributed by atoms with van der Waals surface area (Å²) in [6.45, 7) is 1.48. The molecule has 204 valence electrons. The second-order valence-electron chi connectivity index (χ2n) is 10.2. The number of esters is 1. The molecule has 9 heteroatoms. The highest BCUT2D eigenvalue weighted by molar-refractivity contribution is 6.34. The number of ether oxygens (including phenoxy) is 1. The van der Waals surface area contributed by atoms with Crippen LogP contribution in [0.15, 0.2) is 78.9 Å². The highest BCUT2D eigenvalue weighted by atomic mass is 35.5. The first-order valence-corrected chi connectivity index (χ1v) is 13.5. The number of hydrogen-bond acceptors (Lipinski definition) is 6. The Labute approximate surface area is 236 Å². The van der Waals surface area contributed by atoms with Crippen LogP contribution in [0.3, 0.4) is 0 Å². The zero-order chi connectivity index (χ0) is 28.4. The van der Waals surface area contributed by atoms with E-state index in [9.17, 15) is 24.0 Å². The summed E-state index contributed by atoms with van der Waals surface area (Å²) in [4.78, 5) is 66.3. The number of rotatable bonds is 7. The Bertz CT molecular complexity index is 1470. The molecule has 0 unspecified atom stereocenters. The van der Waals surface area contributed by atoms with Crippen LogP contribution in [0.1, 0.15) is 57.3 Å². The van der Waals surface area contributed by atoms with Gasteiger partial charge in [-0.05, 0) is 73.7 Å². The SMILES string of the molecule is C[C@@H]1CC[C@@H]2C(=O)N(N(CC(=O)c3ccc(OC(=O)c4ccccc4)cc3)C(=O)c3ccccc3Cl)C(=O)[C@@H]2C1. The van der Waals surface area contributed by atoms with Gasteiger partial charge in [0.15, 0.2) is 5.78 Å². The van der Waals surface area contributed by atoms with Gasteiger partial charge in [-0.3, -0.25) is 19.2 Å². The van der Waals surface area contributed by atoms with E-state index in [1.807, 2.05) is 6.92 Å². The summed E-state index contributed by atoms with van der Waals surface area (Å²) in [5.41, 5.74) is 0.664. The fraction of sp³-hybridized carbons (Fsp3) is 0.258. The third-order valence-electron chi connectivity index (χ3n) is 7.43. The molecule has 3 aromatic carbocycles. The van der Waals surface area contributed by atoms with Gasteiger partial charge in [0.05, 0.1) is 28.0 Å². The molecular formula is C31H27ClN2O6. The summed E-state index contributed by atoms with van der Waals surface area (Å²) < 4.78 is 5.37. The van der Waals surface area contributed by atoms with Crippen LogP contribution in [-0.4, -0.2) is 46.0 Å². The van der Waals surface area contributed by atoms with Crippen molar-refractivity contribution in [1.29, 1.82) is 0 Å². The zero-order valence-electron chi connectivity index (χ0n) is 21.8. The molecule has 1 saturated carbocycles. The van der Waals surface area contributed by atoms with Gasteiger partial charge in [0.2, 0.25) is 0 Å². The van der Waals surface area contributed by atoms with Gasteiger partial charge in [0, 0.05) is 5.56 Å². The Morgan fingerprint density at radius 1 is 0.850 bits per heavy atom. The average molecular weight is 559 g/mol. The van der Waals surface area contributed by atoms with Crippen molar-refractivity contribution in [3.63, 3.8) is 0 Å². The van der Waals surface area contributed by atoms with Crippen molar-refractivity contribution in [2.24, 2.45) is 17.8 Å². The molecule has 1 aliphatic heterocycles. The second kappa shape index (κ2) is 11.4. The summed E-state index contributed by atoms with van der Waals surface area (Å²) in [7, 11) is 0. The number of carbonyl (C=O) groups is 5. The molecule has 1 aliphatic carbocycles. The van der Waals surface area contributed by atoms with Crippen LogP contribution >= 0.6 is 11.6 Å². The molecule has 1 heterocycles. The van der Waals surface area contributed by atoms with Crippen molar-refractivity contribution < 1.29 is 28.7 Å². The summed E-state index contributed by atoms with van der Waals surface area (Å²) in [5, 5.41) is 1.91. The van der Waals surface area contributed by atoms with Crippen LogP contribution in [0.4, 0.5) is 0 Å². The molecule has 5 rings (SSSR count). The molecule has 2 fully saturated rings. The number of imide groups is 1. The molecule has 0 N–H and O–H groups in total. The number of hydrogen-bond donors (Lipinski definition) is 0. The van der Waals surface area contributed by atoms with E-state index in [0.717, 1.165) is 16.4 Å². The van der Waals surface area contributed by atoms with Crippen LogP contribution in [0.25, 0.3) is 0 Å². The zero-order valence-corrected chi connectivity index (χ0v) is 22.5. The third kappa shape index (κ3) is 5.40. The number of halogens is 1. The van der Waals surface area contributed by atoms with Crippen molar-refractivity contribution in [2.45, 2.75) is 26.2 Å². The lowest BCUT2D eigenvalue weighted by Gasteiger charge is -2.30. The molecular weight excluding hydrogens is 532 g/mol. The molecule has 0 spiro atoms. The largest absolute Gasteiger partial charge is 0.423 e. The van der Waals surface area contributed by atoms with Gasteiger partial charge in [-0.15, -0.1) is 0 Å². The molecule has 1 saturated heterocycles. The predicted molar refractivity (Wildman–Crippen MR) is 147 cm³/mol. The molecule has 0 aromatic heterocycles. The molecule has 0 bridgehead atoms. The molecule has 3 atom stereocenters. The van der Waals surface area contributed by atoms with Gasteiger partial charge in [-0.25, -0.2) is 9.80 Å². The van der Waals surface area contributed by atoms with Gasteiger partial charge in [-0.1, -0.05) is 48.9 Å². The Hall–Kier alpha value is -4.30. The van der Waals surface area contributed by atoms with Crippen LogP contribution in [0, 0.1) is 17.8 Å². The highest BCUT2D eigenvalue weighted by Crippen LogP contribution is 2.41. The number of nitrogens with zero attached hydrogens (tertiary/aromatic N) is 2. The number of amides is 3. The quantitative estimate of drug-likeness (QED) is 0.170. The fourth-order valence-electron chi connectivity index (χ4n) is 5.29. The Morgan fingerprint density at radius 3 is 2.20 bits per heavy atom. The number of benzene rings is 3. The molecule has 3 aromatic rings. The number of Topliss-reactive ketones (excluding diaryl/α,β-unsaturated/α-hetero) is 1. The van der Waals surface area contributed by atoms with Crippen LogP contribution in [0.5, 0.6) is 5.75 Å². The van der Waals surface area contributed by atoms with Gasteiger partial charge in [0.1, 0.15) is 12.3 Å². The summed E-state index contributed by atoms with van der Waals surface area (Å²) in [6, 6.07) is 20.6. The molecule has 0 radical (unpaired) electrons. The third-order valence-corrected chi connectivity index (χ3v) is 7.76. The fourth-order valence-corrected chi connectivity index (χ4v) is 5.51. The van der Waals surface area contributed by atoms with E-state index in [0.29, 0.717) is 18.4 Å². The molecule has 2 aliphatic rings. The Kier molecular flexibility index (Phi) is 7.80. The summed E-state index contributed by atoms with van der Waals surface area (Å²) >= 11 is 6.28. The normalized spacial score (nSPS) is 20.1. The van der Waals surface area contributed by atoms with E-state index in [4.69, 9.17) is 16.3 Å². The maximum Gasteiger partial charge on any atom is 0.343 e. The number of carbonyl (C=O) groups excluding carboxylic acids is 5. The first-order valence-electron chi connectivity index (χ1n) is 13.1. The highest BCUT2D eigenvalue weighted by Gasteiger charge is 2.53. The van der Waals surface area contributed by atoms with E-state index >= 15 is 0 Å². The Morgan fingerprint density at radius 2 is 1.50 bits per heavy atom. The standard InChI is InChI=1S/C31H27ClN2O6/c1-19-11-16-23-25(17-19)30(38)34(29(23)37)33(28(36)24-9-5-6-10-26(24)32)18-27(35)20-12-14-22(15-13-20)40-31(39)21-7-3-2-4-8-21/h2-10,12-15,19,23,25H,11,16-18H2,1H3/t19-,23+,25-/m1/s1. The predicted octanol–water partition coefficient (Wildman–Crippen LogP) is 5.22. The summed E-state index contributed by atoms with van der Waals surface area (Å²) in [6.07, 6.45) is 1.92. The van der Waals surface area contributed by atoms with Crippen molar-refractivity contribution in [1.82, 2.24) is 10.0 Å². The van der Waals surface area contributed by atoms with Gasteiger partial charge in [-0.2, -0.15) is 5.01 Å². The topological polar surface area (TPSA) is 101 Å². The number of ketones is 1. The average Bonchev–Trinajstić information content (AvgIpc) is 3.20. The van der Waals surface area contributed by atoms with Crippen molar-refractivity contribution in [3.8, 4) is 5.75 Å². The monoisotopic (exact) mass is 558 g/mol. The first kappa shape index (κ1) is 27.3. The minimum absolute atomic E-state index is 0.0731. The van der Waals surface area contributed by atoms with Crippen LogP contribution < -0.4 is 4.74 Å². The van der Waals surface area contributed by atoms with Crippen LogP contribution in [-0.2, 0) is 9.59 Å². The lowest BCUT2D eigenvalue weighted by atomic mass is 9.76. The van der Waals surface area contributed by atoms with E-state index in [2.05, 4.69) is 0 Å². The van der Waals surface area contributed by atoms with Crippen LogP contribution in [0.2, 0.25) is 5.02 Å². The van der Waals surface area contributed by atoms with E-state index in [1.165, 1.54) is 36.4 Å². The summed E-state index contributed by atoms with van der Waals surface area (Å²) in [5.74, 6) is -3.25. The van der Waals surface area contributed by atoms with E-state index in [-0.39, 0.29) is 27.8 Å². The van der Waals surface area contributed by atoms with Gasteiger partial charge in [0.25, 0.3) is 17.7 Å². The lowest BCUT2D eigenvalue weighted by Crippen LogP contribution is -2.52. The minimum atomic E-state index is -0.722. The number of hydrazine groups is 1. The Balaban J connectivity index is 1.39. The molecule has 3 amide bonds. The minimum Gasteiger partial charge on any atom is -0.423 e. The van der Waals surface area contributed by atoms with Crippen molar-refractivity contribution in [3.05, 3.63) is 101 Å². The van der Waals surface area contributed by atoms with Gasteiger partial charge < -0.3 is 4.74 Å². The smallest absolute Gasteiger partial charge is 0.343 e. The first-order chi connectivity index (χ1) is 19.2. The number of fused-ring (bicyclic) bond motifs is 1. The molecule has 8 nitrogen and oxygen atoms in total. The maximum atomic E-state index is 13.7. The maximum absolute atomic E-state index is 13.7. The lowest BCUT2D eigenvalue weighted by molar-refractivity contribution is -0.154. The van der Waals surface area contributed by atoms with E-state index in [1.54, 1.807) is 42.5 Å². The van der Waals surface area contributed by atoms with Gasteiger partial charge >= 0.3 is 5.97 Å². The van der Waals surface area contributed by atoms with E-state index < -0.39 is 47.9 Å². The van der Waals surface area contributed by atoms with Crippen molar-refractivity contribution >= 4 is 41.1 Å². The second-order valence-corrected chi connectivity index (χ2v) is 10.6. The van der Waals surface area contributed by atoms with Crippen molar-refractivity contribution in [2.75, 3.05) is 6.54 Å². The molecule has 40 heavy (non-hydrogen) atoms.